The van der Waals surface area contributed by atoms with Crippen LogP contribution in [0.2, 0.25) is 0 Å². The molecule has 0 N–H and O–H groups in total. The molecule has 0 aliphatic heterocycles. The van der Waals surface area contributed by atoms with Crippen molar-refractivity contribution in [2.24, 2.45) is 0 Å². The summed E-state index contributed by atoms with van der Waals surface area (Å²) in [6.07, 6.45) is 0. The van der Waals surface area contributed by atoms with E-state index < -0.39 is 0 Å². The van der Waals surface area contributed by atoms with Crippen LogP contribution in [0.5, 0.6) is 0 Å². The van der Waals surface area contributed by atoms with Gasteiger partial charge in [-0.05, 0) is 0 Å². The Labute approximate surface area is 103 Å². The molecule has 0 aromatic carbocycles. The summed E-state index contributed by atoms with van der Waals surface area (Å²) in [5.41, 5.74) is 0. The Morgan fingerprint density at radius 1 is 1.00 bits per heavy atom. The fraction of sp³-hybridized carbons (Fsp3) is 0. The van der Waals surface area contributed by atoms with Gasteiger partial charge < -0.3 is 0 Å². The van der Waals surface area contributed by atoms with Crippen molar-refractivity contribution in [1.29, 1.82) is 0 Å². The van der Waals surface area contributed by atoms with E-state index in [9.17, 15) is 0 Å². The van der Waals surface area contributed by atoms with E-state index in [4.69, 9.17) is 0 Å². The van der Waals surface area contributed by atoms with Crippen LogP contribution < -0.4 is 0 Å². The van der Waals surface area contributed by atoms with Crippen LogP contribution in [0.1, 0.15) is 0 Å². The predicted molar refractivity (Wildman–Crippen MR) is 11.5 cm³/mol. The van der Waals surface area contributed by atoms with E-state index in [2.05, 4.69) is 0 Å². The monoisotopic (exact) mass is 507 g/mol. The van der Waals surface area contributed by atoms with Crippen LogP contribution in [0.4, 0.5) is 0 Å². The summed E-state index contributed by atoms with van der Waals surface area (Å²) >= 11 is 0. The molecule has 5 heteroatoms. The molecule has 0 aromatic rings. The molecule has 0 amide bonds. The maximum atomic E-state index is 0. The largest absolute Gasteiger partial charge is 0 e. The fourth-order valence-electron chi connectivity index (χ4n) is 0. The third-order valence-corrected chi connectivity index (χ3v) is 0. The topological polar surface area (TPSA) is 0 Å². The minimum atomic E-state index is 0. The van der Waals surface area contributed by atoms with Crippen LogP contribution in [0.25, 0.3) is 0 Å². The van der Waals surface area contributed by atoms with E-state index in [0.717, 1.165) is 0 Å². The van der Waals surface area contributed by atoms with Gasteiger partial charge in [-0.25, -0.2) is 0 Å². The maximum Gasteiger partial charge on any atom is 0 e. The van der Waals surface area contributed by atoms with Gasteiger partial charge >= 0.3 is 0 Å². The Hall–Kier alpha value is 3.40. The van der Waals surface area contributed by atoms with Crippen molar-refractivity contribution in [3.63, 3.8) is 0 Å². The first kappa shape index (κ1) is 39.8. The summed E-state index contributed by atoms with van der Waals surface area (Å²) in [4.78, 5) is 0. The van der Waals surface area contributed by atoms with Crippen molar-refractivity contribution in [3.05, 3.63) is 0 Å². The zero-order valence-electron chi connectivity index (χ0n) is 2.42. The summed E-state index contributed by atoms with van der Waals surface area (Å²) in [5.74, 6) is 0. The Bertz CT molecular complexity index is 11.6. The van der Waals surface area contributed by atoms with Gasteiger partial charge in [0.05, 0.1) is 0 Å². The van der Waals surface area contributed by atoms with Crippen LogP contribution in [0, 0.1) is 0 Å². The zero-order valence-corrected chi connectivity index (χ0v) is 14.3. The number of rotatable bonds is 0. The van der Waals surface area contributed by atoms with Gasteiger partial charge in [-0.2, -0.15) is 0 Å². The molecular weight excluding hydrogens is 507 g/mol. The predicted octanol–water partition coefficient (Wildman–Crippen LogP) is -0.769. The van der Waals surface area contributed by atoms with E-state index in [1.54, 1.807) is 0 Å². The molecule has 0 spiro atoms. The summed E-state index contributed by atoms with van der Waals surface area (Å²) < 4.78 is 0. The van der Waals surface area contributed by atoms with E-state index in [1.807, 2.05) is 0 Å². The molecule has 0 aliphatic rings. The Morgan fingerprint density at radius 2 is 1.00 bits per heavy atom. The number of hydrogen-bond donors (Lipinski definition) is 0. The SMILES string of the molecule is [Cr].[Cu].[Pb].[Sn].[Zn]. The van der Waals surface area contributed by atoms with Gasteiger partial charge in [-0.15, -0.1) is 0 Å². The van der Waals surface area contributed by atoms with Crippen LogP contribution in [-0.4, -0.2) is 51.2 Å². The first-order valence-corrected chi connectivity index (χ1v) is 0. The van der Waals surface area contributed by atoms with Crippen LogP contribution in [-0.2, 0) is 53.9 Å². The zero-order chi connectivity index (χ0) is 0. The molecule has 0 nitrogen and oxygen atoms in total. The molecule has 27 valence electrons. The molecular formula is CrCuPbSnZn. The first-order valence-electron chi connectivity index (χ1n) is 0. The molecule has 0 fully saturated rings. The maximum absolute atomic E-state index is 0. The van der Waals surface area contributed by atoms with Crippen molar-refractivity contribution in [2.45, 2.75) is 0 Å². The second kappa shape index (κ2) is 26.2. The standard InChI is InChI=1S/Cr.Cu.Pb.Sn.Zn. The van der Waals surface area contributed by atoms with Crippen molar-refractivity contribution in [1.82, 2.24) is 0 Å². The van der Waals surface area contributed by atoms with Crippen molar-refractivity contribution >= 4 is 51.2 Å². The molecule has 0 aromatic heterocycles. The second-order valence-electron chi connectivity index (χ2n) is 0. The smallest absolute Gasteiger partial charge is 0 e. The van der Waals surface area contributed by atoms with E-state index >= 15 is 0 Å². The normalized spacial score (nSPS) is 0. The van der Waals surface area contributed by atoms with Gasteiger partial charge in [0.2, 0.25) is 0 Å². The average molecular weight is 507 g/mol. The molecule has 0 heterocycles. The van der Waals surface area contributed by atoms with Gasteiger partial charge in [-0.1, -0.05) is 0 Å². The molecule has 0 unspecified atom stereocenters. The number of hydrogen-bond acceptors (Lipinski definition) is 0. The Kier molecular flexibility index (Phi) is 209. The van der Waals surface area contributed by atoms with E-state index in [-0.39, 0.29) is 105 Å². The third-order valence-electron chi connectivity index (χ3n) is 0. The van der Waals surface area contributed by atoms with Crippen molar-refractivity contribution in [2.75, 3.05) is 0 Å². The molecule has 0 rings (SSSR count). The van der Waals surface area contributed by atoms with Crippen molar-refractivity contribution < 1.29 is 53.9 Å². The van der Waals surface area contributed by atoms with Crippen LogP contribution in [0.15, 0.2) is 0 Å². The summed E-state index contributed by atoms with van der Waals surface area (Å²) in [7, 11) is 0. The summed E-state index contributed by atoms with van der Waals surface area (Å²) in [5, 5.41) is 0. The van der Waals surface area contributed by atoms with Gasteiger partial charge in [0.15, 0.2) is 0 Å². The Balaban J connectivity index is 0. The molecule has 0 atom stereocenters. The van der Waals surface area contributed by atoms with Gasteiger partial charge in [0.1, 0.15) is 0 Å². The minimum Gasteiger partial charge on any atom is 0 e. The molecule has 0 bridgehead atoms. The molecule has 0 saturated heterocycles. The van der Waals surface area contributed by atoms with Gasteiger partial charge in [0.25, 0.3) is 0 Å². The van der Waals surface area contributed by atoms with E-state index in [0.29, 0.717) is 0 Å². The fourth-order valence-corrected chi connectivity index (χ4v) is 0. The molecule has 5 heavy (non-hydrogen) atoms. The molecule has 9 radical (unpaired) electrons. The van der Waals surface area contributed by atoms with Gasteiger partial charge in [-0.3, -0.25) is 0 Å². The minimum absolute atomic E-state index is 0. The average Bonchev–Trinajstić information content (AvgIpc) is 0. The third kappa shape index (κ3) is 18.7. The van der Waals surface area contributed by atoms with Gasteiger partial charge in [0, 0.05) is 105 Å². The first-order chi connectivity index (χ1) is 0. The van der Waals surface area contributed by atoms with Crippen LogP contribution >= 0.6 is 0 Å². The van der Waals surface area contributed by atoms with Crippen molar-refractivity contribution in [3.8, 4) is 0 Å². The Morgan fingerprint density at radius 3 is 1.00 bits per heavy atom. The quantitative estimate of drug-likeness (QED) is 0.379. The molecule has 0 saturated carbocycles. The summed E-state index contributed by atoms with van der Waals surface area (Å²) in [6.45, 7) is 0. The second-order valence-corrected chi connectivity index (χ2v) is 0. The van der Waals surface area contributed by atoms with Crippen LogP contribution in [0.3, 0.4) is 0 Å². The summed E-state index contributed by atoms with van der Waals surface area (Å²) in [6, 6.07) is 0. The van der Waals surface area contributed by atoms with E-state index in [1.165, 1.54) is 0 Å². The molecule has 0 aliphatic carbocycles.